The van der Waals surface area contributed by atoms with Gasteiger partial charge in [0.05, 0.1) is 21.1 Å². The number of carbonyl (C=O) groups excluding carboxylic acids is 1. The van der Waals surface area contributed by atoms with Crippen molar-refractivity contribution < 1.29 is 26.4 Å². The van der Waals surface area contributed by atoms with E-state index in [-0.39, 0.29) is 18.4 Å². The number of ether oxygens (including phenoxy) is 1. The molecule has 0 fully saturated rings. The largest absolute Gasteiger partial charge is 1.00 e. The summed E-state index contributed by atoms with van der Waals surface area (Å²) in [5.41, 5.74) is -0.523. The molecule has 0 spiro atoms. The van der Waals surface area contributed by atoms with Crippen LogP contribution in [0.2, 0.25) is 0 Å². The summed E-state index contributed by atoms with van der Waals surface area (Å²) in [5, 5.41) is 0. The molecule has 0 aromatic rings. The van der Waals surface area contributed by atoms with E-state index in [0.29, 0.717) is 4.48 Å². The number of carbonyl (C=O) groups is 1. The van der Waals surface area contributed by atoms with Crippen LogP contribution in [0.15, 0.2) is 12.7 Å². The number of hydrogen-bond donors (Lipinski definition) is 0. The molecule has 0 N–H and O–H groups in total. The van der Waals surface area contributed by atoms with Crippen molar-refractivity contribution in [3.63, 3.8) is 0 Å². The Morgan fingerprint density at radius 2 is 1.77 bits per heavy atom. The summed E-state index contributed by atoms with van der Waals surface area (Å²) in [4.78, 5) is 10.9. The van der Waals surface area contributed by atoms with Gasteiger partial charge in [-0.25, -0.2) is 4.79 Å². The number of hydrogen-bond acceptors (Lipinski definition) is 2. The molecule has 0 aliphatic heterocycles. The lowest BCUT2D eigenvalue weighted by Crippen LogP contribution is -3.00. The van der Waals surface area contributed by atoms with Crippen molar-refractivity contribution in [2.45, 2.75) is 19.6 Å². The SMILES string of the molecule is C=CC(=O)OC(C)(C)[N+](C)(C)C.[Cl-]. The molecule has 0 bridgehead atoms. The Balaban J connectivity index is 0. The van der Waals surface area contributed by atoms with Crippen LogP contribution in [0.1, 0.15) is 13.8 Å². The van der Waals surface area contributed by atoms with Gasteiger partial charge < -0.3 is 17.1 Å². The molecule has 0 heterocycles. The molecule has 0 rings (SSSR count). The van der Waals surface area contributed by atoms with E-state index in [1.807, 2.05) is 35.0 Å². The first-order chi connectivity index (χ1) is 5.20. The minimum Gasteiger partial charge on any atom is -1.00 e. The van der Waals surface area contributed by atoms with Crippen molar-refractivity contribution in [1.82, 2.24) is 0 Å². The highest BCUT2D eigenvalue weighted by Gasteiger charge is 2.36. The van der Waals surface area contributed by atoms with E-state index in [1.54, 1.807) is 0 Å². The van der Waals surface area contributed by atoms with Crippen LogP contribution in [0.25, 0.3) is 0 Å². The maximum Gasteiger partial charge on any atom is 0.334 e. The Morgan fingerprint density at radius 3 is 2.00 bits per heavy atom. The molecule has 0 unspecified atom stereocenters. The summed E-state index contributed by atoms with van der Waals surface area (Å²) in [6.45, 7) is 7.08. The van der Waals surface area contributed by atoms with Gasteiger partial charge in [-0.15, -0.1) is 0 Å². The number of quaternary nitrogens is 1. The molecule has 0 amide bonds. The summed E-state index contributed by atoms with van der Waals surface area (Å²) in [6, 6.07) is 0. The number of nitrogens with zero attached hydrogens (tertiary/aromatic N) is 1. The monoisotopic (exact) mass is 207 g/mol. The van der Waals surface area contributed by atoms with Crippen molar-refractivity contribution in [3.05, 3.63) is 12.7 Å². The van der Waals surface area contributed by atoms with E-state index in [0.717, 1.165) is 0 Å². The van der Waals surface area contributed by atoms with Crippen molar-refractivity contribution in [3.8, 4) is 0 Å². The maximum atomic E-state index is 10.9. The second-order valence-electron chi connectivity index (χ2n) is 4.08. The lowest BCUT2D eigenvalue weighted by atomic mass is 10.2. The molecule has 0 saturated carbocycles. The molecule has 0 aromatic heterocycles. The van der Waals surface area contributed by atoms with Crippen LogP contribution < -0.4 is 12.4 Å². The van der Waals surface area contributed by atoms with Gasteiger partial charge in [-0.2, -0.15) is 0 Å². The van der Waals surface area contributed by atoms with Gasteiger partial charge in [-0.05, 0) is 0 Å². The fraction of sp³-hybridized carbons (Fsp3) is 0.667. The summed E-state index contributed by atoms with van der Waals surface area (Å²) in [5.74, 6) is -0.381. The highest BCUT2D eigenvalue weighted by molar-refractivity contribution is 5.81. The minimum absolute atomic E-state index is 0. The number of rotatable bonds is 3. The Kier molecular flexibility index (Phi) is 5.32. The second kappa shape index (κ2) is 4.63. The smallest absolute Gasteiger partial charge is 0.334 e. The molecular weight excluding hydrogens is 190 g/mol. The number of esters is 1. The van der Waals surface area contributed by atoms with Crippen LogP contribution in [0, 0.1) is 0 Å². The van der Waals surface area contributed by atoms with Crippen molar-refractivity contribution in [2.75, 3.05) is 21.1 Å². The van der Waals surface area contributed by atoms with Gasteiger partial charge in [0.25, 0.3) is 0 Å². The van der Waals surface area contributed by atoms with Gasteiger partial charge in [0.2, 0.25) is 5.72 Å². The van der Waals surface area contributed by atoms with Gasteiger partial charge in [0, 0.05) is 19.9 Å². The fourth-order valence-corrected chi connectivity index (χ4v) is 0.425. The summed E-state index contributed by atoms with van der Waals surface area (Å²) in [6.07, 6.45) is 1.18. The second-order valence-corrected chi connectivity index (χ2v) is 4.08. The van der Waals surface area contributed by atoms with Gasteiger partial charge in [0.15, 0.2) is 0 Å². The third-order valence-electron chi connectivity index (χ3n) is 2.13. The average molecular weight is 208 g/mol. The van der Waals surface area contributed by atoms with E-state index in [2.05, 4.69) is 6.58 Å². The zero-order valence-corrected chi connectivity index (χ0v) is 9.68. The van der Waals surface area contributed by atoms with Crippen LogP contribution in [0.4, 0.5) is 0 Å². The van der Waals surface area contributed by atoms with Gasteiger partial charge in [0.1, 0.15) is 0 Å². The van der Waals surface area contributed by atoms with E-state index in [9.17, 15) is 4.79 Å². The predicted molar refractivity (Wildman–Crippen MR) is 48.4 cm³/mol. The lowest BCUT2D eigenvalue weighted by molar-refractivity contribution is -0.942. The molecule has 0 aromatic carbocycles. The van der Waals surface area contributed by atoms with Gasteiger partial charge >= 0.3 is 5.97 Å². The Labute approximate surface area is 86.4 Å². The third kappa shape index (κ3) is 4.29. The first-order valence-corrected chi connectivity index (χ1v) is 3.87. The topological polar surface area (TPSA) is 26.3 Å². The van der Waals surface area contributed by atoms with Crippen LogP contribution in [0.3, 0.4) is 0 Å². The summed E-state index contributed by atoms with van der Waals surface area (Å²) in [7, 11) is 5.91. The lowest BCUT2D eigenvalue weighted by Gasteiger charge is -2.39. The fourth-order valence-electron chi connectivity index (χ4n) is 0.425. The quantitative estimate of drug-likeness (QED) is 0.235. The first-order valence-electron chi connectivity index (χ1n) is 3.87. The van der Waals surface area contributed by atoms with Gasteiger partial charge in [-0.3, -0.25) is 4.48 Å². The molecule has 3 nitrogen and oxygen atoms in total. The number of halogens is 1. The molecule has 0 atom stereocenters. The Hall–Kier alpha value is -0.540. The van der Waals surface area contributed by atoms with Crippen molar-refractivity contribution in [2.24, 2.45) is 0 Å². The predicted octanol–water partition coefficient (Wildman–Crippen LogP) is -1.84. The van der Waals surface area contributed by atoms with Crippen molar-refractivity contribution in [1.29, 1.82) is 0 Å². The first kappa shape index (κ1) is 15.0. The Bertz CT molecular complexity index is 194. The molecule has 4 heteroatoms. The van der Waals surface area contributed by atoms with Crippen LogP contribution in [0.5, 0.6) is 0 Å². The zero-order chi connectivity index (χ0) is 9.99. The molecule has 0 saturated heterocycles. The summed E-state index contributed by atoms with van der Waals surface area (Å²) >= 11 is 0. The minimum atomic E-state index is -0.523. The van der Waals surface area contributed by atoms with E-state index >= 15 is 0 Å². The molecule has 0 aliphatic rings. The normalized spacial score (nSPS) is 11.5. The third-order valence-corrected chi connectivity index (χ3v) is 2.13. The average Bonchev–Trinajstić information content (AvgIpc) is 1.84. The molecule has 13 heavy (non-hydrogen) atoms. The molecule has 78 valence electrons. The van der Waals surface area contributed by atoms with E-state index in [1.165, 1.54) is 6.08 Å². The standard InChI is InChI=1S/C9H18NO2.ClH/c1-7-8(11)12-9(2,3)10(4,5)6;/h7H,1H2,2-6H3;1H/q+1;/p-1. The van der Waals surface area contributed by atoms with Crippen LogP contribution in [-0.4, -0.2) is 37.3 Å². The summed E-state index contributed by atoms with van der Waals surface area (Å²) < 4.78 is 5.73. The van der Waals surface area contributed by atoms with E-state index in [4.69, 9.17) is 4.74 Å². The van der Waals surface area contributed by atoms with Crippen LogP contribution in [-0.2, 0) is 9.53 Å². The van der Waals surface area contributed by atoms with Crippen molar-refractivity contribution >= 4 is 5.97 Å². The van der Waals surface area contributed by atoms with Gasteiger partial charge in [-0.1, -0.05) is 6.58 Å². The molecule has 0 aliphatic carbocycles. The van der Waals surface area contributed by atoms with E-state index < -0.39 is 5.72 Å². The molecule has 0 radical (unpaired) electrons. The maximum absolute atomic E-state index is 10.9. The highest BCUT2D eigenvalue weighted by Crippen LogP contribution is 2.18. The zero-order valence-electron chi connectivity index (χ0n) is 8.93. The Morgan fingerprint density at radius 1 is 1.38 bits per heavy atom. The molecular formula is C9H18ClNO2. The van der Waals surface area contributed by atoms with Crippen LogP contribution >= 0.6 is 0 Å². The highest BCUT2D eigenvalue weighted by atomic mass is 35.5.